The van der Waals surface area contributed by atoms with E-state index >= 15 is 0 Å². The van der Waals surface area contributed by atoms with Gasteiger partial charge >= 0.3 is 0 Å². The molecule has 102 valence electrons. The Labute approximate surface area is 114 Å². The highest BCUT2D eigenvalue weighted by atomic mass is 35.5. The molecule has 0 amide bonds. The lowest BCUT2D eigenvalue weighted by Crippen LogP contribution is -2.11. The van der Waals surface area contributed by atoms with Crippen molar-refractivity contribution in [3.05, 3.63) is 22.7 Å². The maximum Gasteiger partial charge on any atom is 0.166 e. The molecule has 0 aliphatic rings. The average Bonchev–Trinajstić information content (AvgIpc) is 2.40. The molecular formula is C14H21ClO3. The van der Waals surface area contributed by atoms with Gasteiger partial charge in [-0.2, -0.15) is 0 Å². The number of rotatable bonds is 7. The first-order chi connectivity index (χ1) is 8.65. The Hall–Kier alpha value is -0.930. The molecule has 0 radical (unpaired) electrons. The lowest BCUT2D eigenvalue weighted by molar-refractivity contribution is 0.217. The number of ether oxygens (including phenoxy) is 2. The van der Waals surface area contributed by atoms with Crippen molar-refractivity contribution in [1.82, 2.24) is 0 Å². The van der Waals surface area contributed by atoms with Gasteiger partial charge in [-0.25, -0.2) is 0 Å². The summed E-state index contributed by atoms with van der Waals surface area (Å²) in [5.41, 5.74) is 0.658. The lowest BCUT2D eigenvalue weighted by Gasteiger charge is -2.18. The van der Waals surface area contributed by atoms with Crippen molar-refractivity contribution < 1.29 is 14.6 Å². The molecular weight excluding hydrogens is 252 g/mol. The third-order valence-electron chi connectivity index (χ3n) is 3.10. The molecule has 0 fully saturated rings. The Balaban J connectivity index is 2.91. The molecule has 0 heterocycles. The van der Waals surface area contributed by atoms with Crippen LogP contribution in [-0.2, 0) is 6.61 Å². The fourth-order valence-corrected chi connectivity index (χ4v) is 2.01. The highest BCUT2D eigenvalue weighted by molar-refractivity contribution is 6.30. The third-order valence-corrected chi connectivity index (χ3v) is 3.32. The van der Waals surface area contributed by atoms with E-state index in [0.717, 1.165) is 12.8 Å². The fraction of sp³-hybridized carbons (Fsp3) is 0.571. The molecule has 0 aliphatic heterocycles. The van der Waals surface area contributed by atoms with Crippen LogP contribution in [0.25, 0.3) is 0 Å². The Bertz CT molecular complexity index is 350. The second kappa shape index (κ2) is 7.49. The van der Waals surface area contributed by atoms with Gasteiger partial charge in [0.2, 0.25) is 0 Å². The van der Waals surface area contributed by atoms with Crippen LogP contribution < -0.4 is 9.47 Å². The SMILES string of the molecule is CCC(CC)COc1c(CO)cc(Cl)cc1OC. The van der Waals surface area contributed by atoms with E-state index in [-0.39, 0.29) is 6.61 Å². The summed E-state index contributed by atoms with van der Waals surface area (Å²) in [7, 11) is 1.57. The molecule has 3 nitrogen and oxygen atoms in total. The van der Waals surface area contributed by atoms with Crippen LogP contribution in [0, 0.1) is 5.92 Å². The first kappa shape index (κ1) is 15.1. The molecule has 0 aromatic heterocycles. The quantitative estimate of drug-likeness (QED) is 0.823. The molecule has 1 aromatic carbocycles. The molecule has 0 saturated heterocycles. The zero-order valence-corrected chi connectivity index (χ0v) is 12.0. The summed E-state index contributed by atoms with van der Waals surface area (Å²) >= 11 is 5.95. The van der Waals surface area contributed by atoms with Gasteiger partial charge in [0.25, 0.3) is 0 Å². The van der Waals surface area contributed by atoms with Crippen LogP contribution in [0.2, 0.25) is 5.02 Å². The molecule has 1 N–H and O–H groups in total. The summed E-state index contributed by atoms with van der Waals surface area (Å²) in [4.78, 5) is 0. The van der Waals surface area contributed by atoms with Crippen LogP contribution in [0.15, 0.2) is 12.1 Å². The summed E-state index contributed by atoms with van der Waals surface area (Å²) < 4.78 is 11.1. The van der Waals surface area contributed by atoms with Crippen LogP contribution >= 0.6 is 11.6 Å². The van der Waals surface area contributed by atoms with Gasteiger partial charge in [-0.1, -0.05) is 38.3 Å². The molecule has 0 unspecified atom stereocenters. The van der Waals surface area contributed by atoms with Gasteiger partial charge in [0.05, 0.1) is 20.3 Å². The van der Waals surface area contributed by atoms with Crippen molar-refractivity contribution >= 4 is 11.6 Å². The van der Waals surface area contributed by atoms with Gasteiger partial charge in [0.1, 0.15) is 0 Å². The first-order valence-corrected chi connectivity index (χ1v) is 6.64. The first-order valence-electron chi connectivity index (χ1n) is 6.26. The van der Waals surface area contributed by atoms with E-state index in [1.165, 1.54) is 0 Å². The smallest absolute Gasteiger partial charge is 0.166 e. The second-order valence-electron chi connectivity index (χ2n) is 4.25. The van der Waals surface area contributed by atoms with Crippen LogP contribution in [0.1, 0.15) is 32.3 Å². The summed E-state index contributed by atoms with van der Waals surface area (Å²) in [5, 5.41) is 9.88. The number of aliphatic hydroxyl groups excluding tert-OH is 1. The van der Waals surface area contributed by atoms with Crippen LogP contribution in [0.5, 0.6) is 11.5 Å². The summed E-state index contributed by atoms with van der Waals surface area (Å²) in [5.74, 6) is 1.67. The monoisotopic (exact) mass is 272 g/mol. The number of hydrogen-bond donors (Lipinski definition) is 1. The molecule has 0 aliphatic carbocycles. The van der Waals surface area contributed by atoms with Crippen LogP contribution in [0.4, 0.5) is 0 Å². The van der Waals surface area contributed by atoms with Gasteiger partial charge in [0, 0.05) is 16.7 Å². The molecule has 1 rings (SSSR count). The number of hydrogen-bond acceptors (Lipinski definition) is 3. The van der Waals surface area contributed by atoms with Crippen molar-refractivity contribution in [1.29, 1.82) is 0 Å². The maximum absolute atomic E-state index is 9.35. The van der Waals surface area contributed by atoms with Crippen molar-refractivity contribution in [2.45, 2.75) is 33.3 Å². The zero-order chi connectivity index (χ0) is 13.5. The topological polar surface area (TPSA) is 38.7 Å². The van der Waals surface area contributed by atoms with Crippen molar-refractivity contribution in [3.63, 3.8) is 0 Å². The van der Waals surface area contributed by atoms with Crippen molar-refractivity contribution in [2.24, 2.45) is 5.92 Å². The minimum atomic E-state index is -0.116. The average molecular weight is 273 g/mol. The third kappa shape index (κ3) is 3.79. The van der Waals surface area contributed by atoms with Gasteiger partial charge in [-0.3, -0.25) is 0 Å². The summed E-state index contributed by atoms with van der Waals surface area (Å²) in [6, 6.07) is 3.40. The predicted molar refractivity (Wildman–Crippen MR) is 73.5 cm³/mol. The molecule has 0 spiro atoms. The summed E-state index contributed by atoms with van der Waals surface area (Å²) in [6.45, 7) is 4.79. The van der Waals surface area contributed by atoms with Crippen molar-refractivity contribution in [2.75, 3.05) is 13.7 Å². The Morgan fingerprint density at radius 3 is 2.44 bits per heavy atom. The summed E-state index contributed by atoms with van der Waals surface area (Å²) in [6.07, 6.45) is 2.14. The van der Waals surface area contributed by atoms with Crippen molar-refractivity contribution in [3.8, 4) is 11.5 Å². The molecule has 0 bridgehead atoms. The molecule has 18 heavy (non-hydrogen) atoms. The lowest BCUT2D eigenvalue weighted by atomic mass is 10.1. The molecule has 0 saturated carbocycles. The minimum Gasteiger partial charge on any atom is -0.493 e. The number of halogens is 1. The number of aliphatic hydroxyl groups is 1. The van der Waals surface area contributed by atoms with Crippen LogP contribution in [0.3, 0.4) is 0 Å². The van der Waals surface area contributed by atoms with Crippen LogP contribution in [-0.4, -0.2) is 18.8 Å². The van der Waals surface area contributed by atoms with Gasteiger partial charge < -0.3 is 14.6 Å². The van der Waals surface area contributed by atoms with E-state index in [1.807, 2.05) is 0 Å². The van der Waals surface area contributed by atoms with Gasteiger partial charge in [0.15, 0.2) is 11.5 Å². The van der Waals surface area contributed by atoms with Gasteiger partial charge in [-0.05, 0) is 12.0 Å². The second-order valence-corrected chi connectivity index (χ2v) is 4.68. The molecule has 4 heteroatoms. The molecule has 1 aromatic rings. The minimum absolute atomic E-state index is 0.116. The predicted octanol–water partition coefficient (Wildman–Crippen LogP) is 3.66. The van der Waals surface area contributed by atoms with E-state index in [0.29, 0.717) is 34.6 Å². The normalized spacial score (nSPS) is 10.8. The number of methoxy groups -OCH3 is 1. The standard InChI is InChI=1S/C14H21ClO3/c1-4-10(5-2)9-18-14-11(8-16)6-12(15)7-13(14)17-3/h6-7,10,16H,4-5,8-9H2,1-3H3. The molecule has 0 atom stereocenters. The Morgan fingerprint density at radius 1 is 1.28 bits per heavy atom. The van der Waals surface area contributed by atoms with E-state index in [2.05, 4.69) is 13.8 Å². The largest absolute Gasteiger partial charge is 0.493 e. The highest BCUT2D eigenvalue weighted by Crippen LogP contribution is 2.35. The fourth-order valence-electron chi connectivity index (χ4n) is 1.78. The van der Waals surface area contributed by atoms with Gasteiger partial charge in [-0.15, -0.1) is 0 Å². The van der Waals surface area contributed by atoms with E-state index in [4.69, 9.17) is 21.1 Å². The Kier molecular flexibility index (Phi) is 6.30. The maximum atomic E-state index is 9.35. The zero-order valence-electron chi connectivity index (χ0n) is 11.2. The highest BCUT2D eigenvalue weighted by Gasteiger charge is 2.14. The van der Waals surface area contributed by atoms with E-state index < -0.39 is 0 Å². The Morgan fingerprint density at radius 2 is 1.94 bits per heavy atom. The number of benzene rings is 1. The van der Waals surface area contributed by atoms with E-state index in [1.54, 1.807) is 19.2 Å². The van der Waals surface area contributed by atoms with E-state index in [9.17, 15) is 5.11 Å².